The van der Waals surface area contributed by atoms with Crippen LogP contribution in [0.15, 0.2) is 31.0 Å². The molecule has 0 amide bonds. The summed E-state index contributed by atoms with van der Waals surface area (Å²) < 4.78 is 22.3. The van der Waals surface area contributed by atoms with Gasteiger partial charge in [-0.15, -0.1) is 0 Å². The van der Waals surface area contributed by atoms with Crippen LogP contribution in [-0.4, -0.2) is 92.1 Å². The highest BCUT2D eigenvalue weighted by atomic mass is 35.5. The molecular weight excluding hydrogens is 583 g/mol. The summed E-state index contributed by atoms with van der Waals surface area (Å²) in [6.07, 6.45) is 4.39. The fourth-order valence-electron chi connectivity index (χ4n) is 5.90. The Morgan fingerprint density at radius 1 is 1.07 bits per heavy atom. The number of pyridine rings is 1. The molecule has 0 saturated carbocycles. The summed E-state index contributed by atoms with van der Waals surface area (Å²) in [5.41, 5.74) is 1.99. The van der Waals surface area contributed by atoms with Crippen molar-refractivity contribution in [3.8, 4) is 22.8 Å². The van der Waals surface area contributed by atoms with Gasteiger partial charge in [0, 0.05) is 54.9 Å². The first-order chi connectivity index (χ1) is 20.3. The van der Waals surface area contributed by atoms with E-state index in [0.717, 1.165) is 50.3 Å². The van der Waals surface area contributed by atoms with Gasteiger partial charge in [-0.1, -0.05) is 29.8 Å². The van der Waals surface area contributed by atoms with Gasteiger partial charge in [0.05, 0.1) is 55.3 Å². The summed E-state index contributed by atoms with van der Waals surface area (Å²) in [6, 6.07) is 3.24. The molecule has 3 atom stereocenters. The highest BCUT2D eigenvalue weighted by molar-refractivity contribution is 6.41. The maximum absolute atomic E-state index is 10.0. The van der Waals surface area contributed by atoms with Gasteiger partial charge < -0.3 is 34.3 Å². The van der Waals surface area contributed by atoms with Gasteiger partial charge in [0.25, 0.3) is 0 Å². The largest absolute Gasteiger partial charge is 0.495 e. The Morgan fingerprint density at radius 3 is 2.43 bits per heavy atom. The number of hydrogen-bond donors (Lipinski definition) is 3. The van der Waals surface area contributed by atoms with Crippen molar-refractivity contribution in [2.24, 2.45) is 5.41 Å². The maximum atomic E-state index is 10.0. The Hall–Kier alpha value is -2.93. The highest BCUT2D eigenvalue weighted by Crippen LogP contribution is 2.48. The van der Waals surface area contributed by atoms with Crippen molar-refractivity contribution >= 4 is 45.9 Å². The minimum Gasteiger partial charge on any atom is -0.495 e. The highest BCUT2D eigenvalue weighted by Gasteiger charge is 2.45. The molecule has 5 heterocycles. The number of anilines is 2. The standard InChI is InChI=1S/C29H34Cl2N6O5/c1-4-22(38)33-18-12-42-13-19(18)35-28-32-11-16-9-17(23-24(30)20(39-2)10-21(40-3)25(23)31)34-27(26(16)36-28)37-14-29(15-37)5-7-41-8-6-29/h4,9-11,18-19,22,33,38H,1,5-8,12-15H2,2-3H3,(H,32,35,36)/t18-,19+,22?/m0/s1. The minimum absolute atomic E-state index is 0.145. The summed E-state index contributed by atoms with van der Waals surface area (Å²) in [4.78, 5) is 16.9. The van der Waals surface area contributed by atoms with Crippen molar-refractivity contribution in [3.63, 3.8) is 0 Å². The Bertz CT molecular complexity index is 1450. The van der Waals surface area contributed by atoms with Crippen molar-refractivity contribution < 1.29 is 24.1 Å². The molecule has 3 aromatic rings. The van der Waals surface area contributed by atoms with E-state index in [-0.39, 0.29) is 17.5 Å². The van der Waals surface area contributed by atoms with E-state index >= 15 is 0 Å². The van der Waals surface area contributed by atoms with Crippen molar-refractivity contribution in [2.75, 3.05) is 64.0 Å². The Kier molecular flexibility index (Phi) is 8.32. The zero-order valence-corrected chi connectivity index (χ0v) is 25.0. The van der Waals surface area contributed by atoms with E-state index in [1.54, 1.807) is 26.5 Å². The maximum Gasteiger partial charge on any atom is 0.223 e. The average Bonchev–Trinajstić information content (AvgIpc) is 3.42. The number of ether oxygens (including phenoxy) is 4. The van der Waals surface area contributed by atoms with E-state index < -0.39 is 6.23 Å². The normalized spacial score (nSPS) is 22.2. The molecule has 0 aliphatic carbocycles. The molecule has 2 aromatic heterocycles. The lowest BCUT2D eigenvalue weighted by Gasteiger charge is -2.52. The van der Waals surface area contributed by atoms with Crippen LogP contribution in [0.2, 0.25) is 10.0 Å². The van der Waals surface area contributed by atoms with Crippen LogP contribution in [-0.2, 0) is 9.47 Å². The smallest absolute Gasteiger partial charge is 0.223 e. The van der Waals surface area contributed by atoms with Crippen molar-refractivity contribution in [3.05, 3.63) is 41.0 Å². The van der Waals surface area contributed by atoms with Gasteiger partial charge >= 0.3 is 0 Å². The van der Waals surface area contributed by atoms with Crippen molar-refractivity contribution in [1.82, 2.24) is 20.3 Å². The molecule has 42 heavy (non-hydrogen) atoms. The molecule has 0 radical (unpaired) electrons. The number of nitrogens with zero attached hydrogens (tertiary/aromatic N) is 4. The third kappa shape index (κ3) is 5.45. The third-order valence-corrected chi connectivity index (χ3v) is 9.04. The lowest BCUT2D eigenvalue weighted by atomic mass is 9.73. The van der Waals surface area contributed by atoms with Crippen LogP contribution >= 0.6 is 23.2 Å². The number of rotatable bonds is 9. The summed E-state index contributed by atoms with van der Waals surface area (Å²) >= 11 is 13.6. The Morgan fingerprint density at radius 2 is 1.76 bits per heavy atom. The van der Waals surface area contributed by atoms with Gasteiger partial charge in [-0.3, -0.25) is 5.32 Å². The summed E-state index contributed by atoms with van der Waals surface area (Å²) in [6.45, 7) is 7.75. The molecule has 11 nitrogen and oxygen atoms in total. The van der Waals surface area contributed by atoms with E-state index in [1.165, 1.54) is 6.08 Å². The van der Waals surface area contributed by atoms with E-state index in [4.69, 9.17) is 52.1 Å². The molecule has 3 aliphatic heterocycles. The second kappa shape index (κ2) is 12.0. The Balaban J connectivity index is 1.41. The molecular formula is C29H34Cl2N6O5. The summed E-state index contributed by atoms with van der Waals surface area (Å²) in [5, 5.41) is 17.9. The molecule has 0 bridgehead atoms. The molecule has 13 heteroatoms. The molecule has 3 saturated heterocycles. The van der Waals surface area contributed by atoms with Crippen LogP contribution in [0.1, 0.15) is 12.8 Å². The molecule has 3 fully saturated rings. The molecule has 1 spiro atoms. The Labute approximate surface area is 254 Å². The van der Waals surface area contributed by atoms with Gasteiger partial charge in [-0.2, -0.15) is 0 Å². The van der Waals surface area contributed by atoms with Crippen molar-refractivity contribution in [1.29, 1.82) is 0 Å². The lowest BCUT2D eigenvalue weighted by Crippen LogP contribution is -2.59. The van der Waals surface area contributed by atoms with Crippen LogP contribution in [0.4, 0.5) is 11.8 Å². The van der Waals surface area contributed by atoms with E-state index in [1.807, 2.05) is 6.07 Å². The van der Waals surface area contributed by atoms with E-state index in [9.17, 15) is 5.11 Å². The average molecular weight is 618 g/mol. The topological polar surface area (TPSA) is 123 Å². The predicted molar refractivity (Wildman–Crippen MR) is 162 cm³/mol. The van der Waals surface area contributed by atoms with Gasteiger partial charge in [0.2, 0.25) is 5.95 Å². The molecule has 3 N–H and O–H groups in total. The zero-order valence-electron chi connectivity index (χ0n) is 23.5. The van der Waals surface area contributed by atoms with Gasteiger partial charge in [0.1, 0.15) is 23.2 Å². The van der Waals surface area contributed by atoms with Crippen LogP contribution < -0.4 is 25.0 Å². The first-order valence-corrected chi connectivity index (χ1v) is 14.6. The minimum atomic E-state index is -0.842. The number of halogens is 2. The number of benzene rings is 1. The predicted octanol–water partition coefficient (Wildman–Crippen LogP) is 3.91. The fraction of sp³-hybridized carbons (Fsp3) is 0.483. The number of fused-ring (bicyclic) bond motifs is 1. The van der Waals surface area contributed by atoms with Crippen molar-refractivity contribution in [2.45, 2.75) is 31.2 Å². The zero-order chi connectivity index (χ0) is 29.4. The number of aliphatic hydroxyl groups excluding tert-OH is 1. The fourth-order valence-corrected chi connectivity index (χ4v) is 6.59. The van der Waals surface area contributed by atoms with Gasteiger partial charge in [-0.25, -0.2) is 15.0 Å². The third-order valence-electron chi connectivity index (χ3n) is 8.29. The van der Waals surface area contributed by atoms with Crippen LogP contribution in [0.5, 0.6) is 11.5 Å². The number of methoxy groups -OCH3 is 2. The van der Waals surface area contributed by atoms with Gasteiger partial charge in [-0.05, 0) is 25.0 Å². The SMILES string of the molecule is C=CC(O)N[C@H]1COC[C@H]1Nc1ncc2cc(-c3c(Cl)c(OC)cc(OC)c3Cl)nc(N3CC4(CCOCC4)C3)c2n1. The second-order valence-electron chi connectivity index (χ2n) is 11.0. The molecule has 1 aromatic carbocycles. The van der Waals surface area contributed by atoms with Crippen LogP contribution in [0, 0.1) is 5.41 Å². The number of hydrogen-bond acceptors (Lipinski definition) is 11. The molecule has 1 unspecified atom stereocenters. The molecule has 6 rings (SSSR count). The first-order valence-electron chi connectivity index (χ1n) is 13.9. The van der Waals surface area contributed by atoms with E-state index in [0.29, 0.717) is 57.5 Å². The monoisotopic (exact) mass is 616 g/mol. The summed E-state index contributed by atoms with van der Waals surface area (Å²) in [7, 11) is 3.09. The lowest BCUT2D eigenvalue weighted by molar-refractivity contribution is -0.000359. The quantitative estimate of drug-likeness (QED) is 0.239. The number of aromatic nitrogens is 3. The number of nitrogens with one attached hydrogen (secondary N) is 2. The first kappa shape index (κ1) is 29.2. The molecule has 3 aliphatic rings. The van der Waals surface area contributed by atoms with E-state index in [2.05, 4.69) is 27.1 Å². The summed E-state index contributed by atoms with van der Waals surface area (Å²) in [5.74, 6) is 2.02. The van der Waals surface area contributed by atoms with Gasteiger partial charge in [0.15, 0.2) is 5.82 Å². The number of aliphatic hydroxyl groups is 1. The molecule has 224 valence electrons. The van der Waals surface area contributed by atoms with Crippen LogP contribution in [0.3, 0.4) is 0 Å². The van der Waals surface area contributed by atoms with Crippen LogP contribution in [0.25, 0.3) is 22.2 Å². The second-order valence-corrected chi connectivity index (χ2v) is 11.7.